The zero-order valence-electron chi connectivity index (χ0n) is 16.4. The van der Waals surface area contributed by atoms with E-state index in [0.717, 1.165) is 5.52 Å². The molecule has 1 aromatic heterocycles. The number of carbonyl (C=O) groups is 1. The number of carbonyl (C=O) groups excluding carboxylic acids is 1. The van der Waals surface area contributed by atoms with E-state index in [1.54, 1.807) is 35.9 Å². The van der Waals surface area contributed by atoms with E-state index < -0.39 is 12.6 Å². The molecule has 1 N–H and O–H groups in total. The number of allylic oxidation sites excluding steroid dienone is 1. The fraction of sp³-hybridized carbons (Fsp3) is 0.227. The van der Waals surface area contributed by atoms with Crippen molar-refractivity contribution in [3.63, 3.8) is 0 Å². The first kappa shape index (κ1) is 20.0. The Bertz CT molecular complexity index is 1110. The Morgan fingerprint density at radius 2 is 1.90 bits per heavy atom. The molecule has 0 saturated carbocycles. The van der Waals surface area contributed by atoms with Crippen molar-refractivity contribution in [3.05, 3.63) is 65.7 Å². The number of ether oxygens (including phenoxy) is 2. The van der Waals surface area contributed by atoms with Crippen LogP contribution >= 0.6 is 0 Å². The maximum atomic E-state index is 12.2. The van der Waals surface area contributed by atoms with Crippen molar-refractivity contribution in [2.45, 2.75) is 20.0 Å². The lowest BCUT2D eigenvalue weighted by molar-refractivity contribution is 0.0502. The molecule has 0 aliphatic carbocycles. The van der Waals surface area contributed by atoms with Gasteiger partial charge in [-0.05, 0) is 50.2 Å². The number of rotatable bonds is 6. The minimum Gasteiger partial charge on any atom is -0.507 e. The Hall–Kier alpha value is -3.79. The highest BCUT2D eigenvalue weighted by atomic mass is 16.5. The molecule has 0 fully saturated rings. The van der Waals surface area contributed by atoms with E-state index in [4.69, 9.17) is 9.47 Å². The number of para-hydroxylation sites is 2. The van der Waals surface area contributed by atoms with E-state index in [9.17, 15) is 15.2 Å². The average Bonchev–Trinajstić information content (AvgIpc) is 3.03. The Balaban J connectivity index is 1.75. The quantitative estimate of drug-likeness (QED) is 0.387. The number of aromatic nitrogens is 2. The van der Waals surface area contributed by atoms with Crippen LogP contribution in [-0.2, 0) is 11.8 Å². The van der Waals surface area contributed by atoms with Gasteiger partial charge in [0.05, 0.1) is 22.7 Å². The maximum Gasteiger partial charge on any atom is 0.338 e. The SMILES string of the molecule is CC(C)Oc1ccc(C(=O)OC/C(O)=C(\C#N)c2nc3ccccc3n2C)cc1. The van der Waals surface area contributed by atoms with Crippen LogP contribution in [0.3, 0.4) is 0 Å². The molecule has 0 atom stereocenters. The summed E-state index contributed by atoms with van der Waals surface area (Å²) >= 11 is 0. The fourth-order valence-corrected chi connectivity index (χ4v) is 2.84. The molecule has 0 bridgehead atoms. The van der Waals surface area contributed by atoms with Crippen LogP contribution in [-0.4, -0.2) is 33.3 Å². The number of aliphatic hydroxyl groups is 1. The van der Waals surface area contributed by atoms with Gasteiger partial charge in [-0.2, -0.15) is 5.26 Å². The standard InChI is InChI=1S/C22H21N3O4/c1-14(2)29-16-10-8-15(9-11-16)22(27)28-13-20(26)17(12-23)21-24-18-6-4-5-7-19(18)25(21)3/h4-11,14,26H,13H2,1-3H3/b20-17-. The molecular weight excluding hydrogens is 370 g/mol. The number of aryl methyl sites for hydroxylation is 1. The van der Waals surface area contributed by atoms with Gasteiger partial charge in [0.15, 0.2) is 11.6 Å². The van der Waals surface area contributed by atoms with Gasteiger partial charge in [0, 0.05) is 7.05 Å². The van der Waals surface area contributed by atoms with Crippen molar-refractivity contribution in [2.24, 2.45) is 7.05 Å². The number of hydrogen-bond acceptors (Lipinski definition) is 6. The predicted molar refractivity (Wildman–Crippen MR) is 108 cm³/mol. The summed E-state index contributed by atoms with van der Waals surface area (Å²) in [6.07, 6.45) is 0.0297. The molecule has 2 aromatic carbocycles. The van der Waals surface area contributed by atoms with Crippen LogP contribution < -0.4 is 4.74 Å². The summed E-state index contributed by atoms with van der Waals surface area (Å²) < 4.78 is 12.4. The van der Waals surface area contributed by atoms with Crippen LogP contribution in [0.1, 0.15) is 30.0 Å². The molecule has 0 saturated heterocycles. The summed E-state index contributed by atoms with van der Waals surface area (Å²) in [7, 11) is 1.75. The van der Waals surface area contributed by atoms with Crippen molar-refractivity contribution in [1.29, 1.82) is 5.26 Å². The minimum absolute atomic E-state index is 0.0297. The number of hydrogen-bond donors (Lipinski definition) is 1. The van der Waals surface area contributed by atoms with Crippen LogP contribution in [0.5, 0.6) is 5.75 Å². The first-order valence-electron chi connectivity index (χ1n) is 9.08. The van der Waals surface area contributed by atoms with Gasteiger partial charge in [-0.1, -0.05) is 12.1 Å². The van der Waals surface area contributed by atoms with Gasteiger partial charge in [-0.15, -0.1) is 0 Å². The Kier molecular flexibility index (Phi) is 5.84. The summed E-state index contributed by atoms with van der Waals surface area (Å²) in [6.45, 7) is 3.39. The molecule has 0 aliphatic rings. The fourth-order valence-electron chi connectivity index (χ4n) is 2.84. The van der Waals surface area contributed by atoms with Crippen LogP contribution in [0.2, 0.25) is 0 Å². The molecule has 7 nitrogen and oxygen atoms in total. The summed E-state index contributed by atoms with van der Waals surface area (Å²) in [5, 5.41) is 19.9. The summed E-state index contributed by atoms with van der Waals surface area (Å²) in [5.41, 5.74) is 1.79. The molecule has 29 heavy (non-hydrogen) atoms. The first-order chi connectivity index (χ1) is 13.9. The molecule has 0 unspecified atom stereocenters. The van der Waals surface area contributed by atoms with Crippen molar-refractivity contribution >= 4 is 22.6 Å². The lowest BCUT2D eigenvalue weighted by atomic mass is 10.2. The molecule has 3 rings (SSSR count). The molecule has 3 aromatic rings. The highest BCUT2D eigenvalue weighted by Gasteiger charge is 2.18. The van der Waals surface area contributed by atoms with Crippen molar-refractivity contribution < 1.29 is 19.4 Å². The van der Waals surface area contributed by atoms with Gasteiger partial charge < -0.3 is 19.1 Å². The molecule has 0 spiro atoms. The van der Waals surface area contributed by atoms with E-state index in [-0.39, 0.29) is 17.4 Å². The molecule has 7 heteroatoms. The third-order valence-corrected chi connectivity index (χ3v) is 4.21. The molecule has 148 valence electrons. The molecule has 0 aliphatic heterocycles. The Labute approximate surface area is 168 Å². The summed E-state index contributed by atoms with van der Waals surface area (Å²) in [6, 6.07) is 15.8. The van der Waals surface area contributed by atoms with E-state index in [1.165, 1.54) is 0 Å². The van der Waals surface area contributed by atoms with E-state index in [1.807, 2.05) is 44.2 Å². The third kappa shape index (κ3) is 4.38. The second-order valence-electron chi connectivity index (χ2n) is 6.68. The van der Waals surface area contributed by atoms with Gasteiger partial charge in [-0.25, -0.2) is 9.78 Å². The van der Waals surface area contributed by atoms with Gasteiger partial charge in [-0.3, -0.25) is 0 Å². The van der Waals surface area contributed by atoms with Gasteiger partial charge in [0.1, 0.15) is 24.0 Å². The third-order valence-electron chi connectivity index (χ3n) is 4.21. The predicted octanol–water partition coefficient (Wildman–Crippen LogP) is 4.01. The first-order valence-corrected chi connectivity index (χ1v) is 9.08. The summed E-state index contributed by atoms with van der Waals surface area (Å²) in [5.74, 6) is -0.0284. The number of nitriles is 1. The number of esters is 1. The second kappa shape index (κ2) is 8.48. The van der Waals surface area contributed by atoms with Gasteiger partial charge in [0.2, 0.25) is 0 Å². The van der Waals surface area contributed by atoms with E-state index in [2.05, 4.69) is 4.98 Å². The van der Waals surface area contributed by atoms with Crippen LogP contribution in [0, 0.1) is 11.3 Å². The zero-order chi connectivity index (χ0) is 21.0. The van der Waals surface area contributed by atoms with Crippen LogP contribution in [0.15, 0.2) is 54.3 Å². The van der Waals surface area contributed by atoms with Gasteiger partial charge >= 0.3 is 5.97 Å². The number of benzene rings is 2. The Morgan fingerprint density at radius 3 is 2.52 bits per heavy atom. The molecule has 0 radical (unpaired) electrons. The van der Waals surface area contributed by atoms with E-state index in [0.29, 0.717) is 22.7 Å². The van der Waals surface area contributed by atoms with Crippen LogP contribution in [0.25, 0.3) is 16.6 Å². The molecule has 1 heterocycles. The average molecular weight is 391 g/mol. The van der Waals surface area contributed by atoms with Crippen molar-refractivity contribution in [3.8, 4) is 11.8 Å². The maximum absolute atomic E-state index is 12.2. The lowest BCUT2D eigenvalue weighted by Crippen LogP contribution is -2.10. The van der Waals surface area contributed by atoms with Crippen LogP contribution in [0.4, 0.5) is 0 Å². The Morgan fingerprint density at radius 1 is 1.21 bits per heavy atom. The lowest BCUT2D eigenvalue weighted by Gasteiger charge is -2.10. The number of aliphatic hydroxyl groups excluding tert-OH is 1. The van der Waals surface area contributed by atoms with E-state index >= 15 is 0 Å². The minimum atomic E-state index is -0.616. The largest absolute Gasteiger partial charge is 0.507 e. The topological polar surface area (TPSA) is 97.4 Å². The normalized spacial score (nSPS) is 11.8. The number of fused-ring (bicyclic) bond motifs is 1. The number of imidazole rings is 1. The van der Waals surface area contributed by atoms with Crippen molar-refractivity contribution in [2.75, 3.05) is 6.61 Å². The van der Waals surface area contributed by atoms with Crippen molar-refractivity contribution in [1.82, 2.24) is 9.55 Å². The highest BCUT2D eigenvalue weighted by Crippen LogP contribution is 2.22. The highest BCUT2D eigenvalue weighted by molar-refractivity contribution is 5.90. The summed E-state index contributed by atoms with van der Waals surface area (Å²) in [4.78, 5) is 16.6. The molecular formula is C22H21N3O4. The zero-order valence-corrected chi connectivity index (χ0v) is 16.4. The van der Waals surface area contributed by atoms with Gasteiger partial charge in [0.25, 0.3) is 0 Å². The monoisotopic (exact) mass is 391 g/mol. The smallest absolute Gasteiger partial charge is 0.338 e. The molecule has 0 amide bonds. The second-order valence-corrected chi connectivity index (χ2v) is 6.68. The number of nitrogens with zero attached hydrogens (tertiary/aromatic N) is 3.